The van der Waals surface area contributed by atoms with E-state index in [1.165, 1.54) is 11.9 Å². The van der Waals surface area contributed by atoms with Crippen LogP contribution >= 0.6 is 0 Å². The second-order valence-electron chi connectivity index (χ2n) is 5.18. The second kappa shape index (κ2) is 9.17. The normalized spacial score (nSPS) is 11.8. The van der Waals surface area contributed by atoms with Crippen molar-refractivity contribution < 1.29 is 19.5 Å². The molecule has 20 heavy (non-hydrogen) atoms. The minimum atomic E-state index is -1.07. The summed E-state index contributed by atoms with van der Waals surface area (Å²) in [5.74, 6) is -1.19. The molecule has 0 saturated heterocycles. The van der Waals surface area contributed by atoms with Crippen molar-refractivity contribution >= 4 is 17.9 Å². The fourth-order valence-electron chi connectivity index (χ4n) is 1.56. The van der Waals surface area contributed by atoms with Gasteiger partial charge in [0.15, 0.2) is 0 Å². The summed E-state index contributed by atoms with van der Waals surface area (Å²) >= 11 is 0. The van der Waals surface area contributed by atoms with Crippen molar-refractivity contribution in [1.29, 1.82) is 0 Å². The first-order chi connectivity index (χ1) is 9.27. The van der Waals surface area contributed by atoms with Gasteiger partial charge in [-0.1, -0.05) is 20.8 Å². The number of carboxylic acids is 1. The Morgan fingerprint density at radius 3 is 2.30 bits per heavy atom. The van der Waals surface area contributed by atoms with Crippen LogP contribution in [0.2, 0.25) is 0 Å². The molecule has 0 aromatic heterocycles. The Morgan fingerprint density at radius 2 is 1.85 bits per heavy atom. The van der Waals surface area contributed by atoms with E-state index in [0.717, 1.165) is 6.42 Å². The number of carboxylic acid groups (broad SMARTS) is 1. The largest absolute Gasteiger partial charge is 0.480 e. The number of aliphatic carboxylic acids is 1. The number of nitrogens with one attached hydrogen (secondary N) is 2. The molecule has 0 spiro atoms. The minimum absolute atomic E-state index is 0.0974. The Morgan fingerprint density at radius 1 is 1.25 bits per heavy atom. The molecule has 0 radical (unpaired) electrons. The average Bonchev–Trinajstić information content (AvgIpc) is 2.34. The van der Waals surface area contributed by atoms with Gasteiger partial charge in [-0.25, -0.2) is 9.59 Å². The molecule has 3 N–H and O–H groups in total. The van der Waals surface area contributed by atoms with Gasteiger partial charge in [-0.3, -0.25) is 4.79 Å². The van der Waals surface area contributed by atoms with Crippen molar-refractivity contribution in [2.24, 2.45) is 5.92 Å². The van der Waals surface area contributed by atoms with Crippen molar-refractivity contribution in [3.63, 3.8) is 0 Å². The van der Waals surface area contributed by atoms with Crippen LogP contribution in [0.1, 0.15) is 33.6 Å². The molecule has 7 heteroatoms. The summed E-state index contributed by atoms with van der Waals surface area (Å²) in [7, 11) is 1.45. The summed E-state index contributed by atoms with van der Waals surface area (Å²) < 4.78 is 0. The highest BCUT2D eigenvalue weighted by atomic mass is 16.4. The monoisotopic (exact) mass is 287 g/mol. The summed E-state index contributed by atoms with van der Waals surface area (Å²) in [5.41, 5.74) is 0. The summed E-state index contributed by atoms with van der Waals surface area (Å²) in [4.78, 5) is 35.5. The Labute approximate surface area is 119 Å². The lowest BCUT2D eigenvalue weighted by atomic mass is 10.0. The van der Waals surface area contributed by atoms with Crippen molar-refractivity contribution in [1.82, 2.24) is 15.5 Å². The zero-order valence-corrected chi connectivity index (χ0v) is 12.6. The number of carbonyl (C=O) groups excluding carboxylic acids is 2. The third kappa shape index (κ3) is 7.60. The minimum Gasteiger partial charge on any atom is -0.480 e. The highest BCUT2D eigenvalue weighted by Crippen LogP contribution is 2.05. The molecule has 116 valence electrons. The van der Waals surface area contributed by atoms with Gasteiger partial charge in [0.25, 0.3) is 0 Å². The van der Waals surface area contributed by atoms with Gasteiger partial charge in [-0.05, 0) is 18.8 Å². The summed E-state index contributed by atoms with van der Waals surface area (Å²) in [6, 6.07) is -1.51. The van der Waals surface area contributed by atoms with E-state index < -0.39 is 18.0 Å². The Kier molecular flexibility index (Phi) is 8.35. The first kappa shape index (κ1) is 18.2. The maximum absolute atomic E-state index is 11.8. The molecule has 3 amide bonds. The van der Waals surface area contributed by atoms with Crippen LogP contribution in [0, 0.1) is 5.92 Å². The lowest BCUT2D eigenvalue weighted by molar-refractivity contribution is -0.139. The van der Waals surface area contributed by atoms with Crippen LogP contribution in [0.15, 0.2) is 0 Å². The number of carbonyl (C=O) groups is 3. The predicted molar refractivity (Wildman–Crippen MR) is 75.3 cm³/mol. The van der Waals surface area contributed by atoms with E-state index in [1.54, 1.807) is 0 Å². The van der Waals surface area contributed by atoms with Crippen LogP contribution in [0.4, 0.5) is 4.79 Å². The molecule has 0 aromatic rings. The van der Waals surface area contributed by atoms with E-state index in [-0.39, 0.29) is 18.4 Å². The molecule has 0 aliphatic heterocycles. The molecule has 0 aliphatic carbocycles. The quantitative estimate of drug-likeness (QED) is 0.610. The Hall–Kier alpha value is -1.79. The smallest absolute Gasteiger partial charge is 0.326 e. The van der Waals surface area contributed by atoms with Crippen LogP contribution < -0.4 is 10.6 Å². The fourth-order valence-corrected chi connectivity index (χ4v) is 1.56. The van der Waals surface area contributed by atoms with Gasteiger partial charge in [0.05, 0.1) is 0 Å². The Bertz CT molecular complexity index is 345. The molecule has 1 atom stereocenters. The van der Waals surface area contributed by atoms with Crippen molar-refractivity contribution in [3.05, 3.63) is 0 Å². The molecule has 0 fully saturated rings. The van der Waals surface area contributed by atoms with Crippen molar-refractivity contribution in [2.45, 2.75) is 39.7 Å². The van der Waals surface area contributed by atoms with Gasteiger partial charge in [0.2, 0.25) is 5.91 Å². The number of likely N-dealkylation sites (N-methyl/N-ethyl adjacent to an activating group) is 1. The molecule has 0 aromatic carbocycles. The average molecular weight is 287 g/mol. The first-order valence-electron chi connectivity index (χ1n) is 6.79. The van der Waals surface area contributed by atoms with Crippen molar-refractivity contribution in [2.75, 3.05) is 20.1 Å². The molecule has 0 rings (SSSR count). The van der Waals surface area contributed by atoms with E-state index in [4.69, 9.17) is 5.11 Å². The van der Waals surface area contributed by atoms with Gasteiger partial charge in [-0.15, -0.1) is 0 Å². The molecule has 0 saturated carbocycles. The zero-order valence-electron chi connectivity index (χ0n) is 12.6. The van der Waals surface area contributed by atoms with Crippen LogP contribution in [-0.4, -0.2) is 54.1 Å². The van der Waals surface area contributed by atoms with Crippen LogP contribution in [0.5, 0.6) is 0 Å². The van der Waals surface area contributed by atoms with Gasteiger partial charge in [0, 0.05) is 13.6 Å². The van der Waals surface area contributed by atoms with Gasteiger partial charge in [0.1, 0.15) is 12.6 Å². The molecular formula is C13H25N3O4. The lowest BCUT2D eigenvalue weighted by Gasteiger charge is -2.22. The van der Waals surface area contributed by atoms with Crippen LogP contribution in [0.3, 0.4) is 0 Å². The summed E-state index contributed by atoms with van der Waals surface area (Å²) in [6.07, 6.45) is 1.16. The first-order valence-corrected chi connectivity index (χ1v) is 6.79. The molecule has 7 nitrogen and oxygen atoms in total. The number of nitrogens with zero attached hydrogens (tertiary/aromatic N) is 1. The molecule has 0 aliphatic rings. The summed E-state index contributed by atoms with van der Waals surface area (Å²) in [6.45, 7) is 6.15. The Balaban J connectivity index is 4.34. The van der Waals surface area contributed by atoms with E-state index in [0.29, 0.717) is 13.0 Å². The van der Waals surface area contributed by atoms with E-state index >= 15 is 0 Å². The third-order valence-corrected chi connectivity index (χ3v) is 2.60. The number of hydrogen-bond acceptors (Lipinski definition) is 3. The van der Waals surface area contributed by atoms with Gasteiger partial charge in [-0.2, -0.15) is 0 Å². The van der Waals surface area contributed by atoms with Gasteiger partial charge >= 0.3 is 12.0 Å². The highest BCUT2D eigenvalue weighted by Gasteiger charge is 2.23. The lowest BCUT2D eigenvalue weighted by Crippen LogP contribution is -2.49. The van der Waals surface area contributed by atoms with Crippen LogP contribution in [-0.2, 0) is 9.59 Å². The second-order valence-corrected chi connectivity index (χ2v) is 5.18. The number of amides is 3. The van der Waals surface area contributed by atoms with E-state index in [9.17, 15) is 14.4 Å². The third-order valence-electron chi connectivity index (χ3n) is 2.60. The number of urea groups is 1. The highest BCUT2D eigenvalue weighted by molar-refractivity contribution is 5.86. The van der Waals surface area contributed by atoms with Crippen molar-refractivity contribution in [3.8, 4) is 0 Å². The summed E-state index contributed by atoms with van der Waals surface area (Å²) in [5, 5.41) is 14.1. The van der Waals surface area contributed by atoms with E-state index in [1.807, 2.05) is 20.8 Å². The molecule has 0 unspecified atom stereocenters. The number of rotatable bonds is 8. The molecule has 0 heterocycles. The predicted octanol–water partition coefficient (Wildman–Crippen LogP) is 0.653. The molecular weight excluding hydrogens is 262 g/mol. The van der Waals surface area contributed by atoms with E-state index in [2.05, 4.69) is 10.6 Å². The maximum atomic E-state index is 11.8. The zero-order chi connectivity index (χ0) is 15.7. The van der Waals surface area contributed by atoms with Gasteiger partial charge < -0.3 is 20.6 Å². The molecule has 0 bridgehead atoms. The fraction of sp³-hybridized carbons (Fsp3) is 0.769. The number of hydrogen-bond donors (Lipinski definition) is 3. The van der Waals surface area contributed by atoms with Crippen LogP contribution in [0.25, 0.3) is 0 Å². The standard InChI is InChI=1S/C13H25N3O4/c1-5-6-14-11(17)8-16(4)13(20)15-10(12(18)19)7-9(2)3/h9-10H,5-8H2,1-4H3,(H,14,17)(H,15,20)(H,18,19)/t10-/m1/s1. The maximum Gasteiger partial charge on any atom is 0.326 e. The topological polar surface area (TPSA) is 98.7 Å². The SMILES string of the molecule is CCCNC(=O)CN(C)C(=O)N[C@H](CC(C)C)C(=O)O.